The summed E-state index contributed by atoms with van der Waals surface area (Å²) in [5, 5.41) is 1.34. The van der Waals surface area contributed by atoms with Gasteiger partial charge in [-0.15, -0.1) is 11.3 Å². The minimum atomic E-state index is 0.0555. The van der Waals surface area contributed by atoms with Crippen LogP contribution >= 0.6 is 11.3 Å². The lowest BCUT2D eigenvalue weighted by Crippen LogP contribution is -2.61. The van der Waals surface area contributed by atoms with Crippen LogP contribution in [0.3, 0.4) is 0 Å². The summed E-state index contributed by atoms with van der Waals surface area (Å²) in [5.41, 5.74) is 22.1. The highest BCUT2D eigenvalue weighted by atomic mass is 32.1. The molecule has 4 heteroatoms. The smallest absolute Gasteiger partial charge is 0.264 e. The quantitative estimate of drug-likeness (QED) is 0.164. The maximum Gasteiger partial charge on any atom is 0.264 e. The molecule has 0 unspecified atom stereocenters. The number of hydrogen-bond acceptors (Lipinski definition) is 3. The van der Waals surface area contributed by atoms with Gasteiger partial charge in [-0.1, -0.05) is 125 Å². The Labute approximate surface area is 364 Å². The lowest BCUT2D eigenvalue weighted by molar-refractivity contribution is 0.332. The number of anilines is 6. The van der Waals surface area contributed by atoms with Gasteiger partial charge in [0.25, 0.3) is 6.71 Å². The van der Waals surface area contributed by atoms with Crippen LogP contribution in [0.15, 0.2) is 85.4 Å². The first-order valence-corrected chi connectivity index (χ1v) is 23.3. The molecular formula is C56H63BN2S. The fourth-order valence-electron chi connectivity index (χ4n) is 11.4. The summed E-state index contributed by atoms with van der Waals surface area (Å²) in [6.07, 6.45) is 6.82. The molecule has 0 bridgehead atoms. The van der Waals surface area contributed by atoms with Gasteiger partial charge < -0.3 is 9.80 Å². The van der Waals surface area contributed by atoms with Crippen molar-refractivity contribution >= 4 is 84.0 Å². The second kappa shape index (κ2) is 12.8. The molecule has 0 spiro atoms. The van der Waals surface area contributed by atoms with E-state index < -0.39 is 0 Å². The molecular weight excluding hydrogens is 744 g/mol. The van der Waals surface area contributed by atoms with Gasteiger partial charge in [0.2, 0.25) is 0 Å². The number of benzene rings is 5. The largest absolute Gasteiger partial charge is 0.311 e. The lowest BCUT2D eigenvalue weighted by Gasteiger charge is -2.47. The normalized spacial score (nSPS) is 19.0. The van der Waals surface area contributed by atoms with Gasteiger partial charge in [0, 0.05) is 43.3 Å². The van der Waals surface area contributed by atoms with Crippen LogP contribution < -0.4 is 25.5 Å². The van der Waals surface area contributed by atoms with Crippen LogP contribution in [-0.2, 0) is 27.1 Å². The Bertz CT molecular complexity index is 2820. The van der Waals surface area contributed by atoms with E-state index >= 15 is 0 Å². The Morgan fingerprint density at radius 2 is 1.22 bits per heavy atom. The lowest BCUT2D eigenvalue weighted by atomic mass is 9.35. The maximum absolute atomic E-state index is 4.43. The monoisotopic (exact) mass is 806 g/mol. The van der Waals surface area contributed by atoms with Crippen molar-refractivity contribution in [3.63, 3.8) is 0 Å². The van der Waals surface area contributed by atoms with Gasteiger partial charge in [-0.3, -0.25) is 0 Å². The van der Waals surface area contributed by atoms with Crippen LogP contribution in [0.1, 0.15) is 146 Å². The number of nitrogens with zero attached hydrogens (tertiary/aromatic N) is 2. The molecule has 2 aliphatic heterocycles. The average Bonchev–Trinajstić information content (AvgIpc) is 3.55. The predicted octanol–water partition coefficient (Wildman–Crippen LogP) is 14.2. The first-order chi connectivity index (χ1) is 28.1. The molecule has 3 heterocycles. The van der Waals surface area contributed by atoms with Crippen molar-refractivity contribution in [2.75, 3.05) is 9.80 Å². The van der Waals surface area contributed by atoms with Crippen molar-refractivity contribution in [1.82, 2.24) is 0 Å². The standard InChI is InChI=1S/C56H63BN2S/c1-15-35-28-46-49-47(29-35)59(44-20-17-36(27-34(44)3)52(4,5)6)50-38-26-33(2)16-21-48(38)60-51(50)57(49)43-31-41-42(56(13,14)25-24-55(41,11)12)32-45(43)58(46)37-18-19-39-40(30-37)54(9,10)23-22-53(39,7)8/h15-21,26-32H,1,22-25H2,2-14H3. The second-order valence-corrected chi connectivity index (χ2v) is 23.7. The van der Waals surface area contributed by atoms with E-state index in [2.05, 4.69) is 191 Å². The van der Waals surface area contributed by atoms with Crippen molar-refractivity contribution < 1.29 is 0 Å². The van der Waals surface area contributed by atoms with Gasteiger partial charge in [-0.05, 0) is 165 Å². The highest BCUT2D eigenvalue weighted by Gasteiger charge is 2.48. The van der Waals surface area contributed by atoms with Gasteiger partial charge in [0.15, 0.2) is 0 Å². The molecule has 4 aliphatic rings. The molecule has 0 radical (unpaired) electrons. The zero-order valence-electron chi connectivity index (χ0n) is 38.5. The molecule has 10 rings (SSSR count). The fourth-order valence-corrected chi connectivity index (χ4v) is 12.7. The van der Waals surface area contributed by atoms with Crippen LogP contribution in [0, 0.1) is 13.8 Å². The van der Waals surface area contributed by atoms with Gasteiger partial charge in [0.1, 0.15) is 0 Å². The summed E-state index contributed by atoms with van der Waals surface area (Å²) < 4.78 is 2.79. The molecule has 0 N–H and O–H groups in total. The molecule has 0 atom stereocenters. The first-order valence-electron chi connectivity index (χ1n) is 22.5. The molecule has 2 aliphatic carbocycles. The Hall–Kier alpha value is -4.54. The summed E-state index contributed by atoms with van der Waals surface area (Å²) >= 11 is 2.00. The number of thiophene rings is 1. The molecule has 5 aromatic carbocycles. The Balaban J connectivity index is 1.35. The Morgan fingerprint density at radius 1 is 0.617 bits per heavy atom. The second-order valence-electron chi connectivity index (χ2n) is 22.6. The molecule has 60 heavy (non-hydrogen) atoms. The van der Waals surface area contributed by atoms with Crippen LogP contribution in [0.25, 0.3) is 16.2 Å². The van der Waals surface area contributed by atoms with E-state index in [0.29, 0.717) is 0 Å². The third-order valence-electron chi connectivity index (χ3n) is 15.4. The molecule has 0 amide bonds. The highest BCUT2D eigenvalue weighted by molar-refractivity contribution is 7.33. The average molecular weight is 807 g/mol. The summed E-state index contributed by atoms with van der Waals surface area (Å²) in [5.74, 6) is 0. The molecule has 306 valence electrons. The number of hydrogen-bond donors (Lipinski definition) is 0. The van der Waals surface area contributed by atoms with Crippen molar-refractivity contribution in [1.29, 1.82) is 0 Å². The third-order valence-corrected chi connectivity index (χ3v) is 16.7. The maximum atomic E-state index is 4.43. The third kappa shape index (κ3) is 5.72. The van der Waals surface area contributed by atoms with Gasteiger partial charge in [0.05, 0.1) is 5.69 Å². The van der Waals surface area contributed by atoms with E-state index in [1.807, 2.05) is 11.3 Å². The minimum Gasteiger partial charge on any atom is -0.311 e. The van der Waals surface area contributed by atoms with Crippen LogP contribution in [0.4, 0.5) is 34.1 Å². The van der Waals surface area contributed by atoms with E-state index in [-0.39, 0.29) is 33.8 Å². The van der Waals surface area contributed by atoms with E-state index in [0.717, 1.165) is 5.56 Å². The SMILES string of the molecule is C=Cc1cc2c3c(c1)N(c1ccc(C(C)(C)C)cc1C)c1c(sc4ccc(C)cc14)B3c1cc3c(cc1N2c1ccc2c(c1)C(C)(C)CCC2(C)C)C(C)(C)CCC3(C)C. The van der Waals surface area contributed by atoms with Crippen LogP contribution in [0.5, 0.6) is 0 Å². The molecule has 0 fully saturated rings. The summed E-state index contributed by atoms with van der Waals surface area (Å²) in [6.45, 7) is 35.8. The Morgan fingerprint density at radius 3 is 1.83 bits per heavy atom. The van der Waals surface area contributed by atoms with Gasteiger partial charge in [-0.2, -0.15) is 0 Å². The minimum absolute atomic E-state index is 0.0555. The molecule has 2 nitrogen and oxygen atoms in total. The van der Waals surface area contributed by atoms with Gasteiger partial charge in [-0.25, -0.2) is 0 Å². The van der Waals surface area contributed by atoms with Crippen molar-refractivity contribution in [3.8, 4) is 0 Å². The summed E-state index contributed by atoms with van der Waals surface area (Å²) in [7, 11) is 0. The topological polar surface area (TPSA) is 6.48 Å². The fraction of sp³-hybridized carbons (Fsp3) is 0.393. The molecule has 0 saturated heterocycles. The van der Waals surface area contributed by atoms with Crippen LogP contribution in [0.2, 0.25) is 0 Å². The summed E-state index contributed by atoms with van der Waals surface area (Å²) in [4.78, 5) is 5.31. The van der Waals surface area contributed by atoms with Gasteiger partial charge >= 0.3 is 0 Å². The Kier molecular flexibility index (Phi) is 8.42. The summed E-state index contributed by atoms with van der Waals surface area (Å²) in [6, 6.07) is 32.0. The predicted molar refractivity (Wildman–Crippen MR) is 265 cm³/mol. The van der Waals surface area contributed by atoms with E-state index in [9.17, 15) is 0 Å². The number of aryl methyl sites for hydroxylation is 2. The van der Waals surface area contributed by atoms with Crippen molar-refractivity contribution in [3.05, 3.63) is 130 Å². The van der Waals surface area contributed by atoms with E-state index in [1.165, 1.54) is 125 Å². The van der Waals surface area contributed by atoms with E-state index in [4.69, 9.17) is 0 Å². The molecule has 6 aromatic rings. The molecule has 1 aromatic heterocycles. The number of rotatable bonds is 3. The van der Waals surface area contributed by atoms with E-state index in [1.54, 1.807) is 0 Å². The zero-order valence-corrected chi connectivity index (χ0v) is 39.3. The van der Waals surface area contributed by atoms with Crippen LogP contribution in [-0.4, -0.2) is 6.71 Å². The first kappa shape index (κ1) is 39.6. The highest BCUT2D eigenvalue weighted by Crippen LogP contribution is 2.54. The molecule has 0 saturated carbocycles. The van der Waals surface area contributed by atoms with Crippen molar-refractivity contribution in [2.24, 2.45) is 0 Å². The van der Waals surface area contributed by atoms with Crippen molar-refractivity contribution in [2.45, 2.75) is 143 Å². The zero-order chi connectivity index (χ0) is 42.6. The number of fused-ring (bicyclic) bond motifs is 8.